The Morgan fingerprint density at radius 2 is 2.00 bits per heavy atom. The zero-order valence-corrected chi connectivity index (χ0v) is 7.19. The average molecular weight is 229 g/mol. The molecule has 1 aromatic rings. The maximum Gasteiger partial charge on any atom is 0.132 e. The van der Waals surface area contributed by atoms with Crippen molar-refractivity contribution in [2.24, 2.45) is 0 Å². The van der Waals surface area contributed by atoms with Crippen LogP contribution in [0.3, 0.4) is 0 Å². The van der Waals surface area contributed by atoms with E-state index < -0.39 is 17.3 Å². The Morgan fingerprint density at radius 1 is 1.54 bits per heavy atom. The second-order valence-corrected chi connectivity index (χ2v) is 2.05. The Kier molecular flexibility index (Phi) is 5.53. The summed E-state index contributed by atoms with van der Waals surface area (Å²) in [5.41, 5.74) is -0.400. The van der Waals surface area contributed by atoms with Crippen molar-refractivity contribution >= 4 is 5.97 Å². The average Bonchev–Trinajstić information content (AvgIpc) is 2.06. The molecule has 0 atom stereocenters. The number of rotatable bonds is 1. The molecule has 0 aliphatic carbocycles. The molecule has 0 saturated carbocycles. The summed E-state index contributed by atoms with van der Waals surface area (Å²) >= 11 is 3.81. The fourth-order valence-corrected chi connectivity index (χ4v) is 0.627. The van der Waals surface area contributed by atoms with Crippen LogP contribution in [0.5, 0.6) is 0 Å². The van der Waals surface area contributed by atoms with Crippen molar-refractivity contribution in [1.82, 2.24) is 0 Å². The SMILES string of the molecule is N#[C][Cu+].O=C([O-])c1ccccc1F. The number of carbonyl (C=O) groups excluding carboxylic acids is 1. The van der Waals surface area contributed by atoms with Gasteiger partial charge in [-0.05, 0) is 6.07 Å². The second kappa shape index (κ2) is 6.18. The predicted molar refractivity (Wildman–Crippen MR) is 36.3 cm³/mol. The quantitative estimate of drug-likeness (QED) is 0.646. The Morgan fingerprint density at radius 3 is 2.31 bits per heavy atom. The van der Waals surface area contributed by atoms with E-state index in [-0.39, 0.29) is 0 Å². The number of hydrogen-bond acceptors (Lipinski definition) is 3. The van der Waals surface area contributed by atoms with E-state index in [0.717, 1.165) is 12.1 Å². The van der Waals surface area contributed by atoms with Crippen LogP contribution in [0, 0.1) is 16.0 Å². The van der Waals surface area contributed by atoms with Gasteiger partial charge in [0, 0.05) is 5.56 Å². The number of carbonyl (C=O) groups is 1. The number of carboxylic acids is 1. The zero-order chi connectivity index (χ0) is 10.3. The van der Waals surface area contributed by atoms with Crippen molar-refractivity contribution in [3.8, 4) is 4.97 Å². The molecule has 0 amide bonds. The molecule has 1 aromatic carbocycles. The van der Waals surface area contributed by atoms with Gasteiger partial charge < -0.3 is 9.90 Å². The molecule has 3 nitrogen and oxygen atoms in total. The molecule has 0 bridgehead atoms. The van der Waals surface area contributed by atoms with Gasteiger partial charge in [-0.1, -0.05) is 18.2 Å². The molecule has 1 rings (SSSR count). The summed E-state index contributed by atoms with van der Waals surface area (Å²) in [5.74, 6) is -2.25. The van der Waals surface area contributed by atoms with Gasteiger partial charge in [0.05, 0.1) is 5.97 Å². The minimum absolute atomic E-state index is 0.400. The molecule has 0 aliphatic heterocycles. The van der Waals surface area contributed by atoms with Crippen LogP contribution in [-0.2, 0) is 16.0 Å². The molecule has 0 heterocycles. The Labute approximate surface area is 82.6 Å². The van der Waals surface area contributed by atoms with Gasteiger partial charge in [-0.2, -0.15) is 0 Å². The van der Waals surface area contributed by atoms with Crippen LogP contribution < -0.4 is 5.11 Å². The molecule has 5 heteroatoms. The summed E-state index contributed by atoms with van der Waals surface area (Å²) in [4.78, 5) is 11.4. The molecule has 71 valence electrons. The monoisotopic (exact) mass is 228 g/mol. The number of hydrogen-bond donors (Lipinski definition) is 0. The smallest absolute Gasteiger partial charge is 0.132 e. The van der Waals surface area contributed by atoms with Gasteiger partial charge >= 0.3 is 26.2 Å². The molecular formula is C8H4CuFNO2. The summed E-state index contributed by atoms with van der Waals surface area (Å²) in [6.07, 6.45) is 0. The first-order chi connectivity index (χ1) is 6.13. The van der Waals surface area contributed by atoms with E-state index in [4.69, 9.17) is 5.26 Å². The Hall–Kier alpha value is -1.37. The molecule has 0 spiro atoms. The van der Waals surface area contributed by atoms with E-state index in [2.05, 4.69) is 16.0 Å². The molecule has 0 N–H and O–H groups in total. The zero-order valence-electron chi connectivity index (χ0n) is 6.25. The largest absolute Gasteiger partial charge is 0.545 e. The van der Waals surface area contributed by atoms with Gasteiger partial charge in [0.2, 0.25) is 0 Å². The van der Waals surface area contributed by atoms with E-state index in [0.29, 0.717) is 0 Å². The minimum atomic E-state index is -1.49. The molecule has 0 saturated heterocycles. The van der Waals surface area contributed by atoms with Crippen molar-refractivity contribution in [2.75, 3.05) is 0 Å². The van der Waals surface area contributed by atoms with Gasteiger partial charge in [-0.15, -0.1) is 0 Å². The van der Waals surface area contributed by atoms with Crippen molar-refractivity contribution in [1.29, 1.82) is 5.26 Å². The van der Waals surface area contributed by atoms with E-state index in [9.17, 15) is 14.3 Å². The third kappa shape index (κ3) is 4.26. The molecule has 0 unspecified atom stereocenters. The topological polar surface area (TPSA) is 63.9 Å². The Bertz CT molecular complexity index is 335. The van der Waals surface area contributed by atoms with Gasteiger partial charge in [-0.3, -0.25) is 0 Å². The number of nitrogens with zero attached hydrogens (tertiary/aromatic N) is 1. The number of aromatic carboxylic acids is 1. The van der Waals surface area contributed by atoms with E-state index >= 15 is 0 Å². The molecule has 0 aromatic heterocycles. The fraction of sp³-hybridized carbons (Fsp3) is 0. The summed E-state index contributed by atoms with van der Waals surface area (Å²) in [6.45, 7) is 0. The molecular weight excluding hydrogens is 225 g/mol. The first-order valence-electron chi connectivity index (χ1n) is 3.05. The fourth-order valence-electron chi connectivity index (χ4n) is 0.627. The van der Waals surface area contributed by atoms with Gasteiger partial charge in [0.1, 0.15) is 5.82 Å². The second-order valence-electron chi connectivity index (χ2n) is 1.83. The van der Waals surface area contributed by atoms with E-state index in [1.807, 2.05) is 0 Å². The van der Waals surface area contributed by atoms with E-state index in [1.165, 1.54) is 17.1 Å². The van der Waals surface area contributed by atoms with Crippen LogP contribution in [-0.4, -0.2) is 5.97 Å². The maximum absolute atomic E-state index is 12.4. The van der Waals surface area contributed by atoms with Crippen molar-refractivity contribution in [3.63, 3.8) is 0 Å². The first kappa shape index (κ1) is 11.6. The van der Waals surface area contributed by atoms with Crippen molar-refractivity contribution in [3.05, 3.63) is 35.6 Å². The summed E-state index contributed by atoms with van der Waals surface area (Å²) < 4.78 is 12.4. The van der Waals surface area contributed by atoms with Crippen molar-refractivity contribution < 1.29 is 30.3 Å². The molecule has 0 fully saturated rings. The van der Waals surface area contributed by atoms with E-state index in [1.54, 1.807) is 0 Å². The van der Waals surface area contributed by atoms with Crippen LogP contribution in [0.15, 0.2) is 24.3 Å². The Balaban J connectivity index is 0.000000424. The van der Waals surface area contributed by atoms with Gasteiger partial charge in [-0.25, -0.2) is 4.39 Å². The number of benzene rings is 1. The van der Waals surface area contributed by atoms with Crippen LogP contribution in [0.2, 0.25) is 0 Å². The third-order valence-electron chi connectivity index (χ3n) is 1.09. The summed E-state index contributed by atoms with van der Waals surface area (Å²) in [6, 6.07) is 5.09. The van der Waals surface area contributed by atoms with Gasteiger partial charge in [0.15, 0.2) is 0 Å². The molecule has 13 heavy (non-hydrogen) atoms. The van der Waals surface area contributed by atoms with Gasteiger partial charge in [0.25, 0.3) is 0 Å². The predicted octanol–water partition coefficient (Wildman–Crippen LogP) is 0.203. The number of halogens is 1. The normalized spacial score (nSPS) is 7.85. The molecule has 0 radical (unpaired) electrons. The van der Waals surface area contributed by atoms with Crippen LogP contribution in [0.4, 0.5) is 4.39 Å². The first-order valence-corrected chi connectivity index (χ1v) is 3.52. The van der Waals surface area contributed by atoms with Crippen LogP contribution in [0.25, 0.3) is 0 Å². The summed E-state index contributed by atoms with van der Waals surface area (Å²) in [5, 5.41) is 17.2. The molecule has 0 aliphatic rings. The minimum Gasteiger partial charge on any atom is -0.545 e. The third-order valence-corrected chi connectivity index (χ3v) is 1.09. The maximum atomic E-state index is 12.4. The number of carboxylic acid groups (broad SMARTS) is 1. The number of nitriles is 1. The summed E-state index contributed by atoms with van der Waals surface area (Å²) in [7, 11) is 0. The standard InChI is InChI=1S/C7H5FO2.CN.Cu/c8-6-4-2-1-3-5(6)7(9)10;1-2;/h1-4H,(H,9,10);;/q;;+1/p-1. The van der Waals surface area contributed by atoms with Crippen LogP contribution >= 0.6 is 0 Å². The van der Waals surface area contributed by atoms with Crippen molar-refractivity contribution in [2.45, 2.75) is 0 Å². The van der Waals surface area contributed by atoms with Crippen LogP contribution in [0.1, 0.15) is 10.4 Å².